The van der Waals surface area contributed by atoms with Gasteiger partial charge in [0, 0.05) is 25.6 Å². The van der Waals surface area contributed by atoms with Crippen molar-refractivity contribution < 1.29 is 19.5 Å². The van der Waals surface area contributed by atoms with Crippen LogP contribution < -0.4 is 10.6 Å². The summed E-state index contributed by atoms with van der Waals surface area (Å²) >= 11 is 0. The van der Waals surface area contributed by atoms with Gasteiger partial charge in [-0.15, -0.1) is 0 Å². The second-order valence-corrected chi connectivity index (χ2v) is 4.07. The van der Waals surface area contributed by atoms with Crippen LogP contribution in [0, 0.1) is 6.92 Å². The third-order valence-corrected chi connectivity index (χ3v) is 2.50. The monoisotopic (exact) mass is 264 g/mol. The number of nitrogens with one attached hydrogen (secondary N) is 2. The van der Waals surface area contributed by atoms with E-state index in [0.717, 1.165) is 0 Å². The average molecular weight is 264 g/mol. The summed E-state index contributed by atoms with van der Waals surface area (Å²) in [4.78, 5) is 33.7. The molecule has 0 unspecified atom stereocenters. The molecule has 1 rings (SSSR count). The van der Waals surface area contributed by atoms with E-state index in [1.54, 1.807) is 13.0 Å². The minimum Gasteiger partial charge on any atom is -0.478 e. The van der Waals surface area contributed by atoms with Gasteiger partial charge in [-0.1, -0.05) is 0 Å². The molecular weight excluding hydrogens is 248 g/mol. The highest BCUT2D eigenvalue weighted by molar-refractivity contribution is 5.97. The van der Waals surface area contributed by atoms with E-state index in [1.165, 1.54) is 19.2 Å². The molecular formula is C13H16N2O4. The number of carbonyl (C=O) groups excluding carboxylic acids is 2. The molecule has 0 atom stereocenters. The molecule has 102 valence electrons. The second-order valence-electron chi connectivity index (χ2n) is 4.07. The number of hydrogen-bond donors (Lipinski definition) is 3. The van der Waals surface area contributed by atoms with Gasteiger partial charge in [-0.25, -0.2) is 4.79 Å². The molecule has 0 radical (unpaired) electrons. The maximum Gasteiger partial charge on any atom is 0.335 e. The molecule has 0 aliphatic carbocycles. The highest BCUT2D eigenvalue weighted by Crippen LogP contribution is 2.10. The van der Waals surface area contributed by atoms with Crippen molar-refractivity contribution in [3.05, 3.63) is 34.9 Å². The van der Waals surface area contributed by atoms with Gasteiger partial charge in [0.1, 0.15) is 0 Å². The summed E-state index contributed by atoms with van der Waals surface area (Å²) in [5.74, 6) is -1.64. The van der Waals surface area contributed by atoms with Crippen molar-refractivity contribution in [3.8, 4) is 0 Å². The lowest BCUT2D eigenvalue weighted by Gasteiger charge is -2.06. The van der Waals surface area contributed by atoms with E-state index in [-0.39, 0.29) is 30.0 Å². The molecule has 1 aromatic rings. The highest BCUT2D eigenvalue weighted by Gasteiger charge is 2.11. The van der Waals surface area contributed by atoms with Gasteiger partial charge < -0.3 is 15.7 Å². The van der Waals surface area contributed by atoms with E-state index < -0.39 is 11.9 Å². The van der Waals surface area contributed by atoms with E-state index in [4.69, 9.17) is 5.11 Å². The zero-order valence-corrected chi connectivity index (χ0v) is 10.8. The van der Waals surface area contributed by atoms with Gasteiger partial charge in [-0.05, 0) is 30.7 Å². The fraction of sp³-hybridized carbons (Fsp3) is 0.308. The number of carbonyl (C=O) groups is 3. The van der Waals surface area contributed by atoms with Crippen LogP contribution in [0.3, 0.4) is 0 Å². The summed E-state index contributed by atoms with van der Waals surface area (Å²) < 4.78 is 0. The quantitative estimate of drug-likeness (QED) is 0.724. The van der Waals surface area contributed by atoms with Crippen molar-refractivity contribution in [1.82, 2.24) is 10.6 Å². The Kier molecular flexibility index (Phi) is 5.05. The Labute approximate surface area is 110 Å². The molecule has 0 aromatic heterocycles. The first-order valence-corrected chi connectivity index (χ1v) is 5.78. The van der Waals surface area contributed by atoms with Crippen LogP contribution in [0.1, 0.15) is 32.7 Å². The summed E-state index contributed by atoms with van der Waals surface area (Å²) in [6.45, 7) is 1.92. The fourth-order valence-electron chi connectivity index (χ4n) is 1.55. The molecule has 0 saturated carbocycles. The zero-order chi connectivity index (χ0) is 14.4. The third kappa shape index (κ3) is 4.42. The number of hydrogen-bond acceptors (Lipinski definition) is 3. The van der Waals surface area contributed by atoms with Gasteiger partial charge in [-0.3, -0.25) is 9.59 Å². The zero-order valence-electron chi connectivity index (χ0n) is 10.8. The fourth-order valence-corrected chi connectivity index (χ4v) is 1.55. The predicted octanol–water partition coefficient (Wildman–Crippen LogP) is 0.559. The number of carboxylic acids is 1. The summed E-state index contributed by atoms with van der Waals surface area (Å²) in [6.07, 6.45) is 0.180. The van der Waals surface area contributed by atoms with E-state index in [1.807, 2.05) is 0 Å². The van der Waals surface area contributed by atoms with Crippen molar-refractivity contribution in [2.75, 3.05) is 13.6 Å². The maximum absolute atomic E-state index is 11.8. The Bertz CT molecular complexity index is 511. The number of benzene rings is 1. The molecule has 1 aromatic carbocycles. The van der Waals surface area contributed by atoms with Crippen molar-refractivity contribution >= 4 is 17.8 Å². The molecule has 0 bridgehead atoms. The molecule has 0 aliphatic rings. The summed E-state index contributed by atoms with van der Waals surface area (Å²) in [6, 6.07) is 4.40. The highest BCUT2D eigenvalue weighted by atomic mass is 16.4. The number of rotatable bonds is 5. The predicted molar refractivity (Wildman–Crippen MR) is 69.2 cm³/mol. The SMILES string of the molecule is CNC(=O)CCNC(=O)c1cc(C)cc(C(=O)O)c1. The summed E-state index contributed by atoms with van der Waals surface area (Å²) in [5.41, 5.74) is 1.03. The Hall–Kier alpha value is -2.37. The van der Waals surface area contributed by atoms with Crippen molar-refractivity contribution in [2.45, 2.75) is 13.3 Å². The lowest BCUT2D eigenvalue weighted by molar-refractivity contribution is -0.120. The largest absolute Gasteiger partial charge is 0.478 e. The minimum atomic E-state index is -1.08. The van der Waals surface area contributed by atoms with Crippen LogP contribution in [0.5, 0.6) is 0 Å². The van der Waals surface area contributed by atoms with Gasteiger partial charge >= 0.3 is 5.97 Å². The molecule has 19 heavy (non-hydrogen) atoms. The van der Waals surface area contributed by atoms with Gasteiger partial charge in [0.2, 0.25) is 5.91 Å². The Balaban J connectivity index is 2.71. The molecule has 3 N–H and O–H groups in total. The first-order chi connectivity index (χ1) is 8.93. The molecule has 0 aliphatic heterocycles. The number of amides is 2. The molecule has 0 spiro atoms. The Morgan fingerprint density at radius 1 is 1.16 bits per heavy atom. The normalized spacial score (nSPS) is 9.79. The number of aryl methyl sites for hydroxylation is 1. The molecule has 6 heteroatoms. The lowest BCUT2D eigenvalue weighted by Crippen LogP contribution is -2.29. The Morgan fingerprint density at radius 2 is 1.79 bits per heavy atom. The molecule has 0 saturated heterocycles. The van der Waals surface area contributed by atoms with Gasteiger partial charge in [0.15, 0.2) is 0 Å². The lowest BCUT2D eigenvalue weighted by atomic mass is 10.1. The van der Waals surface area contributed by atoms with Gasteiger partial charge in [0.25, 0.3) is 5.91 Å². The molecule has 0 fully saturated rings. The standard InChI is InChI=1S/C13H16N2O4/c1-8-5-9(7-10(6-8)13(18)19)12(17)15-4-3-11(16)14-2/h5-7H,3-4H2,1-2H3,(H,14,16)(H,15,17)(H,18,19). The van der Waals surface area contributed by atoms with Gasteiger partial charge in [-0.2, -0.15) is 0 Å². The maximum atomic E-state index is 11.8. The first-order valence-electron chi connectivity index (χ1n) is 5.78. The third-order valence-electron chi connectivity index (χ3n) is 2.50. The molecule has 2 amide bonds. The molecule has 0 heterocycles. The second kappa shape index (κ2) is 6.53. The van der Waals surface area contributed by atoms with Gasteiger partial charge in [0.05, 0.1) is 5.56 Å². The summed E-state index contributed by atoms with van der Waals surface area (Å²) in [5, 5.41) is 13.9. The van der Waals surface area contributed by atoms with E-state index in [9.17, 15) is 14.4 Å². The van der Waals surface area contributed by atoms with Crippen LogP contribution in [0.15, 0.2) is 18.2 Å². The Morgan fingerprint density at radius 3 is 2.37 bits per heavy atom. The average Bonchev–Trinajstić information content (AvgIpc) is 2.37. The van der Waals surface area contributed by atoms with E-state index in [0.29, 0.717) is 5.56 Å². The van der Waals surface area contributed by atoms with Crippen LogP contribution in [-0.4, -0.2) is 36.5 Å². The summed E-state index contributed by atoms with van der Waals surface area (Å²) in [7, 11) is 1.52. The number of carboxylic acid groups (broad SMARTS) is 1. The first kappa shape index (κ1) is 14.7. The van der Waals surface area contributed by atoms with Crippen molar-refractivity contribution in [3.63, 3.8) is 0 Å². The van der Waals surface area contributed by atoms with Crippen LogP contribution in [0.25, 0.3) is 0 Å². The van der Waals surface area contributed by atoms with E-state index >= 15 is 0 Å². The van der Waals surface area contributed by atoms with Crippen molar-refractivity contribution in [2.24, 2.45) is 0 Å². The van der Waals surface area contributed by atoms with E-state index in [2.05, 4.69) is 10.6 Å². The van der Waals surface area contributed by atoms with Crippen LogP contribution >= 0.6 is 0 Å². The topological polar surface area (TPSA) is 95.5 Å². The van der Waals surface area contributed by atoms with Crippen LogP contribution in [0.4, 0.5) is 0 Å². The molecule has 6 nitrogen and oxygen atoms in total. The van der Waals surface area contributed by atoms with Crippen LogP contribution in [-0.2, 0) is 4.79 Å². The van der Waals surface area contributed by atoms with Crippen molar-refractivity contribution in [1.29, 1.82) is 0 Å². The number of aromatic carboxylic acids is 1. The minimum absolute atomic E-state index is 0.0662. The van der Waals surface area contributed by atoms with Crippen LogP contribution in [0.2, 0.25) is 0 Å². The smallest absolute Gasteiger partial charge is 0.335 e.